The Hall–Kier alpha value is -2.69. The summed E-state index contributed by atoms with van der Waals surface area (Å²) in [5.74, 6) is -0.0777. The van der Waals surface area contributed by atoms with Gasteiger partial charge in [-0.25, -0.2) is 4.98 Å². The Balaban J connectivity index is 1.97. The number of rotatable bonds is 3. The minimum atomic E-state index is -0.0777. The van der Waals surface area contributed by atoms with Crippen LogP contribution in [0.25, 0.3) is 16.9 Å². The van der Waals surface area contributed by atoms with Gasteiger partial charge in [-0.2, -0.15) is 0 Å². The maximum absolute atomic E-state index is 12.0. The van der Waals surface area contributed by atoms with Crippen LogP contribution in [-0.2, 0) is 0 Å². The van der Waals surface area contributed by atoms with E-state index in [9.17, 15) is 4.79 Å². The van der Waals surface area contributed by atoms with Gasteiger partial charge >= 0.3 is 0 Å². The monoisotopic (exact) mass is 280 g/mol. The molecular weight excluding hydrogens is 264 g/mol. The van der Waals surface area contributed by atoms with Crippen molar-refractivity contribution in [1.82, 2.24) is 19.7 Å². The van der Waals surface area contributed by atoms with E-state index in [0.717, 1.165) is 16.9 Å². The van der Waals surface area contributed by atoms with Gasteiger partial charge in [0.2, 0.25) is 0 Å². The number of pyridine rings is 2. The number of carbonyl (C=O) groups is 1. The first-order chi connectivity index (χ1) is 10.1. The molecule has 0 bridgehead atoms. The average molecular weight is 280 g/mol. The van der Waals surface area contributed by atoms with Gasteiger partial charge < -0.3 is 9.72 Å². The molecule has 5 heteroatoms. The second-order valence-corrected chi connectivity index (χ2v) is 5.17. The van der Waals surface area contributed by atoms with Crippen molar-refractivity contribution in [2.75, 3.05) is 0 Å². The molecule has 0 spiro atoms. The molecule has 21 heavy (non-hydrogen) atoms. The minimum Gasteiger partial charge on any atom is -0.350 e. The van der Waals surface area contributed by atoms with Crippen molar-refractivity contribution in [1.29, 1.82) is 0 Å². The third-order valence-electron chi connectivity index (χ3n) is 3.11. The molecule has 106 valence electrons. The first-order valence-corrected chi connectivity index (χ1v) is 6.83. The van der Waals surface area contributed by atoms with E-state index < -0.39 is 0 Å². The molecule has 1 N–H and O–H groups in total. The van der Waals surface area contributed by atoms with Gasteiger partial charge in [0, 0.05) is 36.4 Å². The number of nitrogens with zero attached hydrogens (tertiary/aromatic N) is 3. The predicted octanol–water partition coefficient (Wildman–Crippen LogP) is 2.53. The fourth-order valence-electron chi connectivity index (χ4n) is 2.13. The van der Waals surface area contributed by atoms with Gasteiger partial charge in [-0.15, -0.1) is 0 Å². The number of amides is 1. The maximum atomic E-state index is 12.0. The molecule has 0 aliphatic heterocycles. The summed E-state index contributed by atoms with van der Waals surface area (Å²) in [5, 5.41) is 2.88. The predicted molar refractivity (Wildman–Crippen MR) is 81.0 cm³/mol. The van der Waals surface area contributed by atoms with E-state index in [-0.39, 0.29) is 11.9 Å². The SMILES string of the molecule is CC(C)NC(=O)c1ccc2nc(-c3ccncc3)cn2c1. The largest absolute Gasteiger partial charge is 0.350 e. The fourth-order valence-corrected chi connectivity index (χ4v) is 2.13. The van der Waals surface area contributed by atoms with Gasteiger partial charge in [-0.3, -0.25) is 9.78 Å². The van der Waals surface area contributed by atoms with Crippen LogP contribution in [0.3, 0.4) is 0 Å². The van der Waals surface area contributed by atoms with Crippen LogP contribution >= 0.6 is 0 Å². The second-order valence-electron chi connectivity index (χ2n) is 5.17. The molecule has 3 rings (SSSR count). The van der Waals surface area contributed by atoms with E-state index in [0.29, 0.717) is 5.56 Å². The standard InChI is InChI=1S/C16H16N4O/c1-11(2)18-16(21)13-3-4-15-19-14(10-20(15)9-13)12-5-7-17-8-6-12/h3-11H,1-2H3,(H,18,21). The van der Waals surface area contributed by atoms with Gasteiger partial charge in [0.15, 0.2) is 0 Å². The summed E-state index contributed by atoms with van der Waals surface area (Å²) in [7, 11) is 0. The van der Waals surface area contributed by atoms with Crippen LogP contribution in [-0.4, -0.2) is 26.3 Å². The molecule has 3 aromatic rings. The molecule has 0 radical (unpaired) electrons. The van der Waals surface area contributed by atoms with Crippen LogP contribution in [0.2, 0.25) is 0 Å². The van der Waals surface area contributed by atoms with Crippen molar-refractivity contribution in [3.63, 3.8) is 0 Å². The third kappa shape index (κ3) is 2.76. The zero-order valence-corrected chi connectivity index (χ0v) is 11.9. The third-order valence-corrected chi connectivity index (χ3v) is 3.11. The molecular formula is C16H16N4O. The van der Waals surface area contributed by atoms with E-state index in [4.69, 9.17) is 0 Å². The lowest BCUT2D eigenvalue weighted by molar-refractivity contribution is 0.0942. The normalized spacial score (nSPS) is 11.0. The van der Waals surface area contributed by atoms with E-state index in [1.165, 1.54) is 0 Å². The number of hydrogen-bond acceptors (Lipinski definition) is 3. The van der Waals surface area contributed by atoms with Crippen molar-refractivity contribution in [2.45, 2.75) is 19.9 Å². The lowest BCUT2D eigenvalue weighted by Gasteiger charge is -2.08. The smallest absolute Gasteiger partial charge is 0.252 e. The lowest BCUT2D eigenvalue weighted by Crippen LogP contribution is -2.30. The van der Waals surface area contributed by atoms with Gasteiger partial charge in [-0.1, -0.05) is 0 Å². The lowest BCUT2D eigenvalue weighted by atomic mass is 10.2. The van der Waals surface area contributed by atoms with Crippen molar-refractivity contribution < 1.29 is 4.79 Å². The summed E-state index contributed by atoms with van der Waals surface area (Å²) < 4.78 is 1.87. The molecule has 1 amide bonds. The summed E-state index contributed by atoms with van der Waals surface area (Å²) in [5.41, 5.74) is 3.29. The van der Waals surface area contributed by atoms with Crippen molar-refractivity contribution >= 4 is 11.6 Å². The number of carbonyl (C=O) groups excluding carboxylic acids is 1. The Labute approximate surface area is 122 Å². The van der Waals surface area contributed by atoms with Gasteiger partial charge in [0.25, 0.3) is 5.91 Å². The van der Waals surface area contributed by atoms with Crippen molar-refractivity contribution in [3.8, 4) is 11.3 Å². The Bertz CT molecular complexity index is 777. The highest BCUT2D eigenvalue weighted by atomic mass is 16.1. The van der Waals surface area contributed by atoms with Crippen molar-refractivity contribution in [3.05, 3.63) is 54.6 Å². The highest BCUT2D eigenvalue weighted by Crippen LogP contribution is 2.18. The Morgan fingerprint density at radius 1 is 1.14 bits per heavy atom. The summed E-state index contributed by atoms with van der Waals surface area (Å²) in [6.07, 6.45) is 7.18. The van der Waals surface area contributed by atoms with Gasteiger partial charge in [0.1, 0.15) is 5.65 Å². The Morgan fingerprint density at radius 2 is 1.90 bits per heavy atom. The molecule has 3 aromatic heterocycles. The average Bonchev–Trinajstić information content (AvgIpc) is 2.90. The first-order valence-electron chi connectivity index (χ1n) is 6.83. The Kier molecular flexibility index (Phi) is 3.39. The topological polar surface area (TPSA) is 59.3 Å². The molecule has 0 atom stereocenters. The van der Waals surface area contributed by atoms with Crippen LogP contribution in [0.15, 0.2) is 49.1 Å². The van der Waals surface area contributed by atoms with Gasteiger partial charge in [0.05, 0.1) is 11.3 Å². The van der Waals surface area contributed by atoms with Gasteiger partial charge in [-0.05, 0) is 38.1 Å². The minimum absolute atomic E-state index is 0.0777. The van der Waals surface area contributed by atoms with Crippen LogP contribution < -0.4 is 5.32 Å². The van der Waals surface area contributed by atoms with E-state index in [1.807, 2.05) is 42.6 Å². The molecule has 0 saturated carbocycles. The Morgan fingerprint density at radius 3 is 2.62 bits per heavy atom. The van der Waals surface area contributed by atoms with E-state index >= 15 is 0 Å². The van der Waals surface area contributed by atoms with E-state index in [2.05, 4.69) is 15.3 Å². The van der Waals surface area contributed by atoms with Crippen molar-refractivity contribution in [2.24, 2.45) is 0 Å². The molecule has 0 unspecified atom stereocenters. The molecule has 0 aromatic carbocycles. The highest BCUT2D eigenvalue weighted by Gasteiger charge is 2.09. The molecule has 0 fully saturated rings. The van der Waals surface area contributed by atoms with Crippen LogP contribution in [0.5, 0.6) is 0 Å². The van der Waals surface area contributed by atoms with Crippen LogP contribution in [0.4, 0.5) is 0 Å². The summed E-state index contributed by atoms with van der Waals surface area (Å²) >= 11 is 0. The molecule has 5 nitrogen and oxygen atoms in total. The quantitative estimate of drug-likeness (QED) is 0.802. The second kappa shape index (κ2) is 5.36. The number of hydrogen-bond donors (Lipinski definition) is 1. The first kappa shape index (κ1) is 13.3. The molecule has 0 saturated heterocycles. The number of nitrogens with one attached hydrogen (secondary N) is 1. The number of fused-ring (bicyclic) bond motifs is 1. The highest BCUT2D eigenvalue weighted by molar-refractivity contribution is 5.94. The summed E-state index contributed by atoms with van der Waals surface area (Å²) in [4.78, 5) is 20.6. The number of aromatic nitrogens is 3. The zero-order valence-electron chi connectivity index (χ0n) is 11.9. The van der Waals surface area contributed by atoms with E-state index in [1.54, 1.807) is 24.7 Å². The van der Waals surface area contributed by atoms with Crippen LogP contribution in [0, 0.1) is 0 Å². The summed E-state index contributed by atoms with van der Waals surface area (Å²) in [6.45, 7) is 3.88. The van der Waals surface area contributed by atoms with Crippen LogP contribution in [0.1, 0.15) is 24.2 Å². The fraction of sp³-hybridized carbons (Fsp3) is 0.188. The molecule has 3 heterocycles. The maximum Gasteiger partial charge on any atom is 0.252 e. The molecule has 0 aliphatic carbocycles. The summed E-state index contributed by atoms with van der Waals surface area (Å²) in [6, 6.07) is 7.57. The number of imidazole rings is 1. The molecule has 0 aliphatic rings. The zero-order chi connectivity index (χ0) is 14.8.